The first kappa shape index (κ1) is 20.2. The average Bonchev–Trinajstić information content (AvgIpc) is 3.48. The van der Waals surface area contributed by atoms with Gasteiger partial charge in [0.25, 0.3) is 0 Å². The van der Waals surface area contributed by atoms with Crippen molar-refractivity contribution in [3.05, 3.63) is 59.7 Å². The molecule has 3 N–H and O–H groups in total. The second-order valence-corrected chi connectivity index (χ2v) is 5.79. The highest BCUT2D eigenvalue weighted by Crippen LogP contribution is 2.15. The molecule has 4 aromatic rings. The molecule has 0 unspecified atom stereocenters. The van der Waals surface area contributed by atoms with Crippen LogP contribution in [0.4, 0.5) is 0 Å². The maximum Gasteiger partial charge on any atom is 0.204 e. The number of hydroxylamine groups is 1. The van der Waals surface area contributed by atoms with Crippen molar-refractivity contribution in [1.82, 2.24) is 46.7 Å². The highest BCUT2D eigenvalue weighted by atomic mass is 16.6. The molecule has 4 rings (SSSR count). The summed E-state index contributed by atoms with van der Waals surface area (Å²) in [5.41, 5.74) is 6.69. The Labute approximate surface area is 166 Å². The first-order valence-corrected chi connectivity index (χ1v) is 8.73. The Bertz CT molecular complexity index is 940. The van der Waals surface area contributed by atoms with Gasteiger partial charge in [-0.05, 0) is 21.6 Å². The zero-order valence-corrected chi connectivity index (χ0v) is 16.0. The molecule has 2 heterocycles. The van der Waals surface area contributed by atoms with E-state index in [9.17, 15) is 0 Å². The fourth-order valence-electron chi connectivity index (χ4n) is 2.39. The summed E-state index contributed by atoms with van der Waals surface area (Å²) in [6.07, 6.45) is 0. The zero-order valence-electron chi connectivity index (χ0n) is 16.0. The molecule has 0 bridgehead atoms. The lowest BCUT2D eigenvalue weighted by Crippen LogP contribution is -2.06. The molecular weight excluding hydrogens is 374 g/mol. The number of benzene rings is 2. The van der Waals surface area contributed by atoms with Gasteiger partial charge in [-0.2, -0.15) is 10.4 Å². The van der Waals surface area contributed by atoms with Crippen LogP contribution in [0.3, 0.4) is 0 Å². The van der Waals surface area contributed by atoms with Gasteiger partial charge >= 0.3 is 0 Å². The van der Waals surface area contributed by atoms with Crippen LogP contribution in [0, 0.1) is 0 Å². The maximum atomic E-state index is 5.05. The minimum Gasteiger partial charge on any atom is -0.380 e. The van der Waals surface area contributed by atoms with Crippen LogP contribution in [0.25, 0.3) is 22.8 Å². The molecule has 0 aliphatic carbocycles. The van der Waals surface area contributed by atoms with Gasteiger partial charge < -0.3 is 4.74 Å². The minimum absolute atomic E-state index is 0.531. The standard InChI is InChI=1S/C9H11N5O.C9H10N4O/c1-10-15-6-7-2-4-8(5-3-7)9-11-13-14-12-9;1-14-6-7-2-4-8(5-3-7)9-10-12-13-11-9/h2-5,10H,6H2,1H3,(H,11,12,13,14);2-5H,6H2,1H3,(H,10,11,12,13). The van der Waals surface area contributed by atoms with Crippen LogP contribution >= 0.6 is 0 Å². The molecule has 0 atom stereocenters. The van der Waals surface area contributed by atoms with Gasteiger partial charge in [-0.1, -0.05) is 48.5 Å². The van der Waals surface area contributed by atoms with Crippen molar-refractivity contribution in [1.29, 1.82) is 0 Å². The summed E-state index contributed by atoms with van der Waals surface area (Å²) >= 11 is 0. The van der Waals surface area contributed by atoms with Crippen LogP contribution < -0.4 is 5.48 Å². The molecule has 2 aromatic heterocycles. The third-order valence-electron chi connectivity index (χ3n) is 3.81. The molecule has 29 heavy (non-hydrogen) atoms. The number of nitrogens with one attached hydrogen (secondary N) is 3. The van der Waals surface area contributed by atoms with E-state index in [4.69, 9.17) is 9.57 Å². The van der Waals surface area contributed by atoms with Crippen LogP contribution in [0.2, 0.25) is 0 Å². The summed E-state index contributed by atoms with van der Waals surface area (Å²) in [5, 5.41) is 27.4. The van der Waals surface area contributed by atoms with Gasteiger partial charge in [-0.15, -0.1) is 20.4 Å². The van der Waals surface area contributed by atoms with E-state index in [2.05, 4.69) is 46.7 Å². The first-order valence-electron chi connectivity index (χ1n) is 8.73. The van der Waals surface area contributed by atoms with E-state index in [0.717, 1.165) is 22.3 Å². The number of rotatable bonds is 7. The van der Waals surface area contributed by atoms with Crippen molar-refractivity contribution in [2.45, 2.75) is 13.2 Å². The van der Waals surface area contributed by atoms with Gasteiger partial charge in [0, 0.05) is 25.3 Å². The van der Waals surface area contributed by atoms with Gasteiger partial charge in [-0.3, -0.25) is 4.84 Å². The third-order valence-corrected chi connectivity index (χ3v) is 3.81. The number of H-pyrrole nitrogens is 2. The molecule has 11 nitrogen and oxygen atoms in total. The molecule has 0 saturated carbocycles. The van der Waals surface area contributed by atoms with Gasteiger partial charge in [0.15, 0.2) is 0 Å². The summed E-state index contributed by atoms with van der Waals surface area (Å²) in [4.78, 5) is 5.05. The lowest BCUT2D eigenvalue weighted by molar-refractivity contribution is 0.0444. The lowest BCUT2D eigenvalue weighted by atomic mass is 10.1. The summed E-state index contributed by atoms with van der Waals surface area (Å²) in [6, 6.07) is 15.6. The summed E-state index contributed by atoms with van der Waals surface area (Å²) in [7, 11) is 3.40. The molecular formula is C18H21N9O2. The van der Waals surface area contributed by atoms with Crippen molar-refractivity contribution in [3.8, 4) is 22.8 Å². The van der Waals surface area contributed by atoms with Gasteiger partial charge in [0.2, 0.25) is 11.6 Å². The first-order chi connectivity index (χ1) is 14.3. The smallest absolute Gasteiger partial charge is 0.204 e. The number of tetrazole rings is 2. The second kappa shape index (κ2) is 10.7. The molecule has 0 aliphatic heterocycles. The Morgan fingerprint density at radius 3 is 1.62 bits per heavy atom. The number of nitrogens with zero attached hydrogens (tertiary/aromatic N) is 6. The molecule has 0 radical (unpaired) electrons. The molecule has 0 amide bonds. The van der Waals surface area contributed by atoms with Gasteiger partial charge in [0.1, 0.15) is 0 Å². The van der Waals surface area contributed by atoms with Crippen molar-refractivity contribution in [2.24, 2.45) is 0 Å². The molecule has 150 valence electrons. The second-order valence-electron chi connectivity index (χ2n) is 5.79. The van der Waals surface area contributed by atoms with Crippen molar-refractivity contribution in [2.75, 3.05) is 14.2 Å². The number of ether oxygens (including phenoxy) is 1. The number of aromatic amines is 2. The zero-order chi connectivity index (χ0) is 20.3. The van der Waals surface area contributed by atoms with E-state index in [1.165, 1.54) is 0 Å². The minimum atomic E-state index is 0.531. The quantitative estimate of drug-likeness (QED) is 0.397. The number of hydrogen-bond donors (Lipinski definition) is 3. The maximum absolute atomic E-state index is 5.05. The Morgan fingerprint density at radius 2 is 1.24 bits per heavy atom. The highest BCUT2D eigenvalue weighted by Gasteiger charge is 2.02. The monoisotopic (exact) mass is 395 g/mol. The summed E-state index contributed by atoms with van der Waals surface area (Å²) in [6.45, 7) is 1.15. The molecule has 0 aliphatic rings. The number of aromatic nitrogens is 8. The number of methoxy groups -OCH3 is 1. The molecule has 0 fully saturated rings. The Balaban J connectivity index is 0.000000166. The van der Waals surface area contributed by atoms with Crippen LogP contribution in [0.15, 0.2) is 48.5 Å². The van der Waals surface area contributed by atoms with E-state index in [-0.39, 0.29) is 0 Å². The molecule has 2 aromatic carbocycles. The lowest BCUT2D eigenvalue weighted by Gasteiger charge is -2.01. The Hall–Kier alpha value is -3.54. The Kier molecular flexibility index (Phi) is 7.46. The van der Waals surface area contributed by atoms with Crippen molar-refractivity contribution >= 4 is 0 Å². The molecule has 11 heteroatoms. The Morgan fingerprint density at radius 1 is 0.759 bits per heavy atom. The molecule has 0 saturated heterocycles. The fourth-order valence-corrected chi connectivity index (χ4v) is 2.39. The van der Waals surface area contributed by atoms with Crippen LogP contribution in [0.1, 0.15) is 11.1 Å². The van der Waals surface area contributed by atoms with Crippen LogP contribution in [-0.4, -0.2) is 55.4 Å². The van der Waals surface area contributed by atoms with Crippen LogP contribution in [-0.2, 0) is 22.8 Å². The van der Waals surface area contributed by atoms with Crippen molar-refractivity contribution in [3.63, 3.8) is 0 Å². The van der Waals surface area contributed by atoms with Crippen molar-refractivity contribution < 1.29 is 9.57 Å². The van der Waals surface area contributed by atoms with E-state index < -0.39 is 0 Å². The predicted molar refractivity (Wildman–Crippen MR) is 104 cm³/mol. The summed E-state index contributed by atoms with van der Waals surface area (Å²) in [5.74, 6) is 1.20. The van der Waals surface area contributed by atoms with E-state index >= 15 is 0 Å². The van der Waals surface area contributed by atoms with E-state index in [0.29, 0.717) is 24.9 Å². The van der Waals surface area contributed by atoms with Gasteiger partial charge in [-0.25, -0.2) is 5.48 Å². The van der Waals surface area contributed by atoms with Gasteiger partial charge in [0.05, 0.1) is 13.2 Å². The SMILES string of the molecule is CNOCc1ccc(-c2nn[nH]n2)cc1.COCc1ccc(-c2nn[nH]n2)cc1. The average molecular weight is 395 g/mol. The largest absolute Gasteiger partial charge is 0.380 e. The predicted octanol–water partition coefficient (Wildman–Crippen LogP) is 1.53. The summed E-state index contributed by atoms with van der Waals surface area (Å²) < 4.78 is 5.01. The number of hydrogen-bond acceptors (Lipinski definition) is 9. The molecule has 0 spiro atoms. The van der Waals surface area contributed by atoms with E-state index in [1.807, 2.05) is 48.5 Å². The normalized spacial score (nSPS) is 10.4. The third kappa shape index (κ3) is 5.97. The topological polar surface area (TPSA) is 139 Å². The van der Waals surface area contributed by atoms with Crippen LogP contribution in [0.5, 0.6) is 0 Å². The highest BCUT2D eigenvalue weighted by molar-refractivity contribution is 5.54. The van der Waals surface area contributed by atoms with E-state index in [1.54, 1.807) is 14.2 Å². The fraction of sp³-hybridized carbons (Fsp3) is 0.222.